The fraction of sp³-hybridized carbons (Fsp3) is 0.677. The van der Waals surface area contributed by atoms with Gasteiger partial charge in [-0.1, -0.05) is 92.4 Å². The molecule has 1 unspecified atom stereocenters. The van der Waals surface area contributed by atoms with Crippen molar-refractivity contribution >= 4 is 0 Å². The molecule has 0 N–H and O–H groups in total. The Kier molecular flexibility index (Phi) is 14.4. The van der Waals surface area contributed by atoms with Crippen LogP contribution in [0.4, 0.5) is 0 Å². The van der Waals surface area contributed by atoms with Crippen molar-refractivity contribution in [1.29, 1.82) is 0 Å². The summed E-state index contributed by atoms with van der Waals surface area (Å²) in [6.45, 7) is 12.1. The Balaban J connectivity index is 1.72. The van der Waals surface area contributed by atoms with Crippen molar-refractivity contribution in [3.8, 4) is 22.9 Å². The van der Waals surface area contributed by atoms with Crippen LogP contribution in [0.3, 0.4) is 0 Å². The van der Waals surface area contributed by atoms with Crippen LogP contribution in [0.25, 0.3) is 11.4 Å². The van der Waals surface area contributed by atoms with Crippen LogP contribution in [0.5, 0.6) is 11.5 Å². The van der Waals surface area contributed by atoms with Crippen molar-refractivity contribution in [2.75, 3.05) is 6.61 Å². The molecule has 0 fully saturated rings. The van der Waals surface area contributed by atoms with Gasteiger partial charge in [-0.3, -0.25) is 0 Å². The lowest BCUT2D eigenvalue weighted by molar-refractivity contribution is 0.133. The molecule has 1 aromatic heterocycles. The Bertz CT molecular complexity index is 774. The quantitative estimate of drug-likeness (QED) is 0.187. The minimum absolute atomic E-state index is 0.244. The number of ether oxygens (including phenoxy) is 2. The first-order valence-electron chi connectivity index (χ1n) is 14.2. The molecule has 0 aliphatic heterocycles. The molecule has 4 nitrogen and oxygen atoms in total. The van der Waals surface area contributed by atoms with Crippen molar-refractivity contribution in [1.82, 2.24) is 9.97 Å². The summed E-state index contributed by atoms with van der Waals surface area (Å²) >= 11 is 0. The molecule has 0 spiro atoms. The molecule has 35 heavy (non-hydrogen) atoms. The Morgan fingerprint density at radius 1 is 0.714 bits per heavy atom. The molecule has 2 aromatic rings. The zero-order chi connectivity index (χ0) is 25.3. The zero-order valence-electron chi connectivity index (χ0n) is 23.1. The fourth-order valence-corrected chi connectivity index (χ4v) is 4.18. The van der Waals surface area contributed by atoms with Crippen molar-refractivity contribution in [2.24, 2.45) is 11.8 Å². The minimum atomic E-state index is 0.244. The van der Waals surface area contributed by atoms with Gasteiger partial charge in [-0.25, -0.2) is 9.97 Å². The van der Waals surface area contributed by atoms with E-state index in [-0.39, 0.29) is 6.10 Å². The van der Waals surface area contributed by atoms with Gasteiger partial charge in [0.25, 0.3) is 0 Å². The SMILES string of the molecule is CCCCCCCCCCCOc1cnc(-c2ccc(OC(CC[C@H](C)CC)C(C)C)cc2)nc1. The third-order valence-electron chi connectivity index (χ3n) is 6.93. The van der Waals surface area contributed by atoms with E-state index in [1.807, 2.05) is 24.3 Å². The van der Waals surface area contributed by atoms with Crippen molar-refractivity contribution in [3.05, 3.63) is 36.7 Å². The number of benzene rings is 1. The van der Waals surface area contributed by atoms with Crippen LogP contribution in [0, 0.1) is 11.8 Å². The lowest BCUT2D eigenvalue weighted by Gasteiger charge is -2.24. The van der Waals surface area contributed by atoms with E-state index >= 15 is 0 Å². The van der Waals surface area contributed by atoms with Crippen LogP contribution in [-0.4, -0.2) is 22.7 Å². The summed E-state index contributed by atoms with van der Waals surface area (Å²) in [7, 11) is 0. The normalized spacial score (nSPS) is 13.1. The number of rotatable bonds is 19. The second-order valence-corrected chi connectivity index (χ2v) is 10.4. The van der Waals surface area contributed by atoms with Gasteiger partial charge in [-0.2, -0.15) is 0 Å². The first kappa shape index (κ1) is 29.1. The van der Waals surface area contributed by atoms with Gasteiger partial charge in [0.15, 0.2) is 11.6 Å². The Labute approximate surface area is 215 Å². The summed E-state index contributed by atoms with van der Waals surface area (Å²) < 4.78 is 12.2. The third kappa shape index (κ3) is 11.9. The summed E-state index contributed by atoms with van der Waals surface area (Å²) in [5.74, 6) is 3.61. The largest absolute Gasteiger partial charge is 0.490 e. The molecule has 196 valence electrons. The highest BCUT2D eigenvalue weighted by atomic mass is 16.5. The summed E-state index contributed by atoms with van der Waals surface area (Å²) in [6.07, 6.45) is 19.2. The highest BCUT2D eigenvalue weighted by Crippen LogP contribution is 2.25. The lowest BCUT2D eigenvalue weighted by atomic mass is 9.95. The van der Waals surface area contributed by atoms with Gasteiger partial charge in [0.05, 0.1) is 19.0 Å². The average Bonchev–Trinajstić information content (AvgIpc) is 2.88. The molecule has 1 aromatic carbocycles. The zero-order valence-corrected chi connectivity index (χ0v) is 23.1. The lowest BCUT2D eigenvalue weighted by Crippen LogP contribution is -2.23. The standard InChI is InChI=1S/C31H50N2O2/c1-6-8-9-10-11-12-13-14-15-22-34-29-23-32-31(33-24-29)27-17-19-28(20-18-27)35-30(25(3)4)21-16-26(5)7-2/h17-20,23-26,30H,6-16,21-22H2,1-5H3/t26-,30?/m1/s1. The number of nitrogens with zero attached hydrogens (tertiary/aromatic N) is 2. The summed E-state index contributed by atoms with van der Waals surface area (Å²) in [6, 6.07) is 8.15. The summed E-state index contributed by atoms with van der Waals surface area (Å²) in [5.41, 5.74) is 0.989. The number of aromatic nitrogens is 2. The molecule has 0 saturated heterocycles. The number of hydrogen-bond donors (Lipinski definition) is 0. The second kappa shape index (κ2) is 17.3. The first-order valence-corrected chi connectivity index (χ1v) is 14.2. The predicted octanol–water partition coefficient (Wildman–Crippen LogP) is 9.28. The summed E-state index contributed by atoms with van der Waals surface area (Å²) in [5, 5.41) is 0. The topological polar surface area (TPSA) is 44.2 Å². The van der Waals surface area contributed by atoms with Gasteiger partial charge in [0, 0.05) is 5.56 Å². The van der Waals surface area contributed by atoms with E-state index in [1.54, 1.807) is 12.4 Å². The van der Waals surface area contributed by atoms with Crippen LogP contribution < -0.4 is 9.47 Å². The van der Waals surface area contributed by atoms with Gasteiger partial charge in [-0.15, -0.1) is 0 Å². The van der Waals surface area contributed by atoms with Crippen molar-refractivity contribution in [2.45, 2.75) is 118 Å². The van der Waals surface area contributed by atoms with E-state index in [0.29, 0.717) is 11.7 Å². The van der Waals surface area contributed by atoms with Crippen molar-refractivity contribution < 1.29 is 9.47 Å². The van der Waals surface area contributed by atoms with Gasteiger partial charge in [0.1, 0.15) is 11.9 Å². The Morgan fingerprint density at radius 3 is 1.89 bits per heavy atom. The molecule has 0 amide bonds. The molecule has 2 rings (SSSR count). The molecule has 0 saturated carbocycles. The molecule has 1 heterocycles. The molecule has 0 radical (unpaired) electrons. The molecule has 2 atom stereocenters. The number of hydrogen-bond acceptors (Lipinski definition) is 4. The molecule has 0 aliphatic rings. The molecular weight excluding hydrogens is 432 g/mol. The van der Waals surface area contributed by atoms with Crippen LogP contribution in [0.2, 0.25) is 0 Å². The first-order chi connectivity index (χ1) is 17.0. The van der Waals surface area contributed by atoms with Crippen LogP contribution in [0.1, 0.15) is 112 Å². The number of unbranched alkanes of at least 4 members (excludes halogenated alkanes) is 8. The average molecular weight is 483 g/mol. The van der Waals surface area contributed by atoms with Gasteiger partial charge in [0.2, 0.25) is 0 Å². The van der Waals surface area contributed by atoms with Gasteiger partial charge in [-0.05, 0) is 55.4 Å². The smallest absolute Gasteiger partial charge is 0.159 e. The second-order valence-electron chi connectivity index (χ2n) is 10.4. The Hall–Kier alpha value is -2.10. The third-order valence-corrected chi connectivity index (χ3v) is 6.93. The highest BCUT2D eigenvalue weighted by Gasteiger charge is 2.16. The maximum atomic E-state index is 6.32. The fourth-order valence-electron chi connectivity index (χ4n) is 4.18. The van der Waals surface area contributed by atoms with E-state index in [4.69, 9.17) is 9.47 Å². The monoisotopic (exact) mass is 482 g/mol. The van der Waals surface area contributed by atoms with Crippen molar-refractivity contribution in [3.63, 3.8) is 0 Å². The molecule has 4 heteroatoms. The van der Waals surface area contributed by atoms with Crippen LogP contribution in [0.15, 0.2) is 36.7 Å². The van der Waals surface area contributed by atoms with E-state index < -0.39 is 0 Å². The molecule has 0 bridgehead atoms. The van der Waals surface area contributed by atoms with E-state index in [1.165, 1.54) is 64.2 Å². The minimum Gasteiger partial charge on any atom is -0.490 e. The maximum absolute atomic E-state index is 6.32. The molecular formula is C31H50N2O2. The van der Waals surface area contributed by atoms with Gasteiger partial charge >= 0.3 is 0 Å². The maximum Gasteiger partial charge on any atom is 0.159 e. The predicted molar refractivity (Wildman–Crippen MR) is 148 cm³/mol. The highest BCUT2D eigenvalue weighted by molar-refractivity contribution is 5.56. The van der Waals surface area contributed by atoms with Gasteiger partial charge < -0.3 is 9.47 Å². The van der Waals surface area contributed by atoms with Crippen LogP contribution >= 0.6 is 0 Å². The molecule has 0 aliphatic carbocycles. The van der Waals surface area contributed by atoms with E-state index in [0.717, 1.165) is 42.4 Å². The summed E-state index contributed by atoms with van der Waals surface area (Å²) in [4.78, 5) is 9.03. The van der Waals surface area contributed by atoms with E-state index in [9.17, 15) is 0 Å². The Morgan fingerprint density at radius 2 is 1.31 bits per heavy atom. The van der Waals surface area contributed by atoms with E-state index in [2.05, 4.69) is 44.6 Å². The van der Waals surface area contributed by atoms with Crippen LogP contribution in [-0.2, 0) is 0 Å².